The first kappa shape index (κ1) is 23.5. The number of nitrogens with one attached hydrogen (secondary N) is 1. The van der Waals surface area contributed by atoms with Gasteiger partial charge in [0, 0.05) is 51.9 Å². The number of amides is 1. The summed E-state index contributed by atoms with van der Waals surface area (Å²) in [4.78, 5) is 24.1. The fourth-order valence-corrected chi connectivity index (χ4v) is 4.02. The molecule has 2 fully saturated rings. The number of aliphatic imine (C=N–C) groups is 1. The van der Waals surface area contributed by atoms with Crippen LogP contribution in [0.15, 0.2) is 29.3 Å². The maximum Gasteiger partial charge on any atom is 0.251 e. The molecule has 0 saturated carbocycles. The van der Waals surface area contributed by atoms with Crippen molar-refractivity contribution in [3.63, 3.8) is 0 Å². The Morgan fingerprint density at radius 3 is 2.48 bits per heavy atom. The second-order valence-corrected chi connectivity index (χ2v) is 8.76. The highest BCUT2D eigenvalue weighted by molar-refractivity contribution is 5.82. The molecule has 0 spiro atoms. The lowest BCUT2D eigenvalue weighted by Crippen LogP contribution is -2.55. The first-order chi connectivity index (χ1) is 15.0. The third kappa shape index (κ3) is 6.43. The Bertz CT molecular complexity index is 737. The van der Waals surface area contributed by atoms with Crippen molar-refractivity contribution < 1.29 is 9.53 Å². The summed E-state index contributed by atoms with van der Waals surface area (Å²) in [5.74, 6) is 1.08. The van der Waals surface area contributed by atoms with Crippen LogP contribution in [0.4, 0.5) is 0 Å². The smallest absolute Gasteiger partial charge is 0.251 e. The normalized spacial score (nSPS) is 20.1. The molecule has 0 aliphatic carbocycles. The van der Waals surface area contributed by atoms with E-state index < -0.39 is 0 Å². The van der Waals surface area contributed by atoms with Crippen LogP contribution < -0.4 is 5.32 Å². The average molecular weight is 430 g/mol. The van der Waals surface area contributed by atoms with Gasteiger partial charge in [0.2, 0.25) is 0 Å². The monoisotopic (exact) mass is 429 g/mol. The third-order valence-corrected chi connectivity index (χ3v) is 6.25. The topological polar surface area (TPSA) is 60.4 Å². The Balaban J connectivity index is 1.62. The number of guanidine groups is 1. The number of carbonyl (C=O) groups excluding carboxylic acids is 1. The summed E-state index contributed by atoms with van der Waals surface area (Å²) in [6, 6.07) is 9.07. The van der Waals surface area contributed by atoms with Gasteiger partial charge in [-0.05, 0) is 51.8 Å². The van der Waals surface area contributed by atoms with Gasteiger partial charge in [-0.15, -0.1) is 0 Å². The molecule has 2 aliphatic rings. The van der Waals surface area contributed by atoms with E-state index in [9.17, 15) is 4.79 Å². The molecule has 2 saturated heterocycles. The first-order valence-corrected chi connectivity index (χ1v) is 11.7. The molecule has 7 nitrogen and oxygen atoms in total. The molecule has 2 heterocycles. The van der Waals surface area contributed by atoms with Gasteiger partial charge in [-0.1, -0.05) is 24.3 Å². The number of hydrogen-bond acceptors (Lipinski definition) is 4. The van der Waals surface area contributed by atoms with E-state index in [1.807, 2.05) is 4.90 Å². The summed E-state index contributed by atoms with van der Waals surface area (Å²) >= 11 is 0. The van der Waals surface area contributed by atoms with E-state index in [1.165, 1.54) is 11.1 Å². The number of benzene rings is 1. The van der Waals surface area contributed by atoms with Crippen LogP contribution in [0, 0.1) is 0 Å². The van der Waals surface area contributed by atoms with Crippen molar-refractivity contribution in [3.8, 4) is 0 Å². The second kappa shape index (κ2) is 11.5. The van der Waals surface area contributed by atoms with Gasteiger partial charge in [0.1, 0.15) is 6.10 Å². The number of rotatable bonds is 7. The molecule has 7 heteroatoms. The van der Waals surface area contributed by atoms with E-state index in [0.717, 1.165) is 58.1 Å². The quantitative estimate of drug-likeness (QED) is 0.532. The van der Waals surface area contributed by atoms with E-state index in [2.05, 4.69) is 67.2 Å². The molecule has 1 atom stereocenters. The highest BCUT2D eigenvalue weighted by atomic mass is 16.5. The van der Waals surface area contributed by atoms with E-state index >= 15 is 0 Å². The fraction of sp³-hybridized carbons (Fsp3) is 0.667. The van der Waals surface area contributed by atoms with Gasteiger partial charge < -0.3 is 19.9 Å². The summed E-state index contributed by atoms with van der Waals surface area (Å²) in [6.07, 6.45) is 1.62. The summed E-state index contributed by atoms with van der Waals surface area (Å²) in [6.45, 7) is 12.7. The lowest BCUT2D eigenvalue weighted by molar-refractivity contribution is -0.142. The molecular formula is C24H39N5O2. The summed E-state index contributed by atoms with van der Waals surface area (Å²) in [5, 5.41) is 3.44. The molecule has 2 aliphatic heterocycles. The van der Waals surface area contributed by atoms with Crippen LogP contribution >= 0.6 is 0 Å². The molecule has 0 radical (unpaired) electrons. The molecule has 1 aromatic rings. The molecule has 3 rings (SSSR count). The number of piperazine rings is 1. The lowest BCUT2D eigenvalue weighted by Gasteiger charge is -2.37. The van der Waals surface area contributed by atoms with Gasteiger partial charge in [-0.2, -0.15) is 0 Å². The predicted octanol–water partition coefficient (Wildman–Crippen LogP) is 2.32. The van der Waals surface area contributed by atoms with Gasteiger partial charge in [0.25, 0.3) is 5.91 Å². The van der Waals surface area contributed by atoms with Crippen LogP contribution in [-0.2, 0) is 22.6 Å². The number of ether oxygens (including phenoxy) is 1. The molecule has 1 unspecified atom stereocenters. The zero-order valence-corrected chi connectivity index (χ0v) is 19.6. The maximum atomic E-state index is 12.6. The predicted molar refractivity (Wildman–Crippen MR) is 125 cm³/mol. The Labute approximate surface area is 187 Å². The first-order valence-electron chi connectivity index (χ1n) is 11.7. The largest absolute Gasteiger partial charge is 0.368 e. The standard InChI is InChI=1S/C24H39N5O2/c1-5-25-24(26-17-20-9-6-7-10-21(20)18-27(4)19(2)3)29-14-12-28(13-15-29)23(30)22-11-8-16-31-22/h6-7,9-10,19,22H,5,8,11-18H2,1-4H3,(H,25,26). The molecule has 1 amide bonds. The van der Waals surface area contributed by atoms with E-state index in [4.69, 9.17) is 9.73 Å². The van der Waals surface area contributed by atoms with E-state index in [0.29, 0.717) is 19.2 Å². The Kier molecular flexibility index (Phi) is 8.72. The molecular weight excluding hydrogens is 390 g/mol. The van der Waals surface area contributed by atoms with Crippen molar-refractivity contribution >= 4 is 11.9 Å². The third-order valence-electron chi connectivity index (χ3n) is 6.25. The Morgan fingerprint density at radius 1 is 1.19 bits per heavy atom. The van der Waals surface area contributed by atoms with Gasteiger partial charge in [-0.3, -0.25) is 9.69 Å². The summed E-state index contributed by atoms with van der Waals surface area (Å²) in [7, 11) is 2.16. The van der Waals surface area contributed by atoms with Gasteiger partial charge in [-0.25, -0.2) is 4.99 Å². The van der Waals surface area contributed by atoms with Crippen molar-refractivity contribution in [1.29, 1.82) is 0 Å². The SMILES string of the molecule is CCNC(=NCc1ccccc1CN(C)C(C)C)N1CCN(C(=O)C2CCCO2)CC1. The summed E-state index contributed by atoms with van der Waals surface area (Å²) in [5.41, 5.74) is 2.59. The number of hydrogen-bond donors (Lipinski definition) is 1. The molecule has 0 bridgehead atoms. The highest BCUT2D eigenvalue weighted by Gasteiger charge is 2.30. The Hall–Kier alpha value is -2.12. The highest BCUT2D eigenvalue weighted by Crippen LogP contribution is 2.17. The Morgan fingerprint density at radius 2 is 1.87 bits per heavy atom. The van der Waals surface area contributed by atoms with Crippen LogP contribution in [0.2, 0.25) is 0 Å². The molecule has 1 aromatic carbocycles. The van der Waals surface area contributed by atoms with Crippen molar-refractivity contribution in [1.82, 2.24) is 20.0 Å². The summed E-state index contributed by atoms with van der Waals surface area (Å²) < 4.78 is 5.58. The molecule has 31 heavy (non-hydrogen) atoms. The van der Waals surface area contributed by atoms with Crippen LogP contribution in [0.25, 0.3) is 0 Å². The van der Waals surface area contributed by atoms with Crippen LogP contribution in [-0.4, -0.2) is 85.1 Å². The molecule has 1 N–H and O–H groups in total. The van der Waals surface area contributed by atoms with Crippen LogP contribution in [0.3, 0.4) is 0 Å². The zero-order chi connectivity index (χ0) is 22.2. The maximum absolute atomic E-state index is 12.6. The minimum Gasteiger partial charge on any atom is -0.368 e. The lowest BCUT2D eigenvalue weighted by atomic mass is 10.1. The van der Waals surface area contributed by atoms with Crippen molar-refractivity contribution in [2.24, 2.45) is 4.99 Å². The van der Waals surface area contributed by atoms with Crippen molar-refractivity contribution in [3.05, 3.63) is 35.4 Å². The second-order valence-electron chi connectivity index (χ2n) is 8.76. The molecule has 0 aromatic heterocycles. The minimum atomic E-state index is -0.228. The van der Waals surface area contributed by atoms with Crippen LogP contribution in [0.5, 0.6) is 0 Å². The number of nitrogens with zero attached hydrogens (tertiary/aromatic N) is 4. The van der Waals surface area contributed by atoms with E-state index in [1.54, 1.807) is 0 Å². The fourth-order valence-electron chi connectivity index (χ4n) is 4.02. The van der Waals surface area contributed by atoms with E-state index in [-0.39, 0.29) is 12.0 Å². The van der Waals surface area contributed by atoms with Gasteiger partial charge in [0.15, 0.2) is 5.96 Å². The zero-order valence-electron chi connectivity index (χ0n) is 19.6. The van der Waals surface area contributed by atoms with Crippen molar-refractivity contribution in [2.45, 2.75) is 58.8 Å². The van der Waals surface area contributed by atoms with Crippen LogP contribution in [0.1, 0.15) is 44.7 Å². The molecule has 172 valence electrons. The minimum absolute atomic E-state index is 0.155. The average Bonchev–Trinajstić information content (AvgIpc) is 3.32. The van der Waals surface area contributed by atoms with Gasteiger partial charge in [0.05, 0.1) is 6.54 Å². The van der Waals surface area contributed by atoms with Crippen molar-refractivity contribution in [2.75, 3.05) is 46.4 Å². The number of carbonyl (C=O) groups is 1. The van der Waals surface area contributed by atoms with Gasteiger partial charge >= 0.3 is 0 Å².